The van der Waals surface area contributed by atoms with E-state index >= 15 is 0 Å². The van der Waals surface area contributed by atoms with Crippen LogP contribution in [0.3, 0.4) is 0 Å². The lowest BCUT2D eigenvalue weighted by Crippen LogP contribution is -2.50. The lowest BCUT2D eigenvalue weighted by atomic mass is 9.84. The van der Waals surface area contributed by atoms with Crippen LogP contribution in [0.15, 0.2) is 91.0 Å². The Bertz CT molecular complexity index is 993. The molecule has 2 unspecified atom stereocenters. The number of para-hydroxylation sites is 1. The maximum absolute atomic E-state index is 13.0. The molecule has 3 aromatic carbocycles. The molecule has 1 aliphatic heterocycles. The number of amides is 3. The quantitative estimate of drug-likeness (QED) is 0.640. The van der Waals surface area contributed by atoms with E-state index in [0.717, 1.165) is 16.8 Å². The first-order valence-corrected chi connectivity index (χ1v) is 10.7. The number of nitrogens with zero attached hydrogens (tertiary/aromatic N) is 1. The van der Waals surface area contributed by atoms with Crippen LogP contribution in [0.5, 0.6) is 0 Å². The van der Waals surface area contributed by atoms with E-state index in [0.29, 0.717) is 26.1 Å². The third-order valence-corrected chi connectivity index (χ3v) is 5.71. The molecular formula is C26H27N3O2. The summed E-state index contributed by atoms with van der Waals surface area (Å²) in [5.74, 6) is -0.210. The summed E-state index contributed by atoms with van der Waals surface area (Å²) < 4.78 is 0. The summed E-state index contributed by atoms with van der Waals surface area (Å²) in [7, 11) is 0. The van der Waals surface area contributed by atoms with Crippen molar-refractivity contribution in [3.8, 4) is 0 Å². The molecule has 0 radical (unpaired) electrons. The molecule has 31 heavy (non-hydrogen) atoms. The molecule has 5 nitrogen and oxygen atoms in total. The van der Waals surface area contributed by atoms with Crippen molar-refractivity contribution in [3.63, 3.8) is 0 Å². The lowest BCUT2D eigenvalue weighted by molar-refractivity contribution is -0.121. The summed E-state index contributed by atoms with van der Waals surface area (Å²) in [5.41, 5.74) is 2.97. The largest absolute Gasteiger partial charge is 0.334 e. The fourth-order valence-electron chi connectivity index (χ4n) is 4.07. The Morgan fingerprint density at radius 3 is 2.10 bits per heavy atom. The van der Waals surface area contributed by atoms with E-state index in [1.165, 1.54) is 0 Å². The predicted octanol–water partition coefficient (Wildman–Crippen LogP) is 4.64. The van der Waals surface area contributed by atoms with Crippen molar-refractivity contribution in [3.05, 3.63) is 102 Å². The SMILES string of the molecule is O=C(Nc1ccccc1)C1CC(c2ccccc2)CN(C(=O)NCc2ccccc2)C1. The summed E-state index contributed by atoms with van der Waals surface area (Å²) in [4.78, 5) is 27.8. The highest BCUT2D eigenvalue weighted by molar-refractivity contribution is 5.93. The number of nitrogens with one attached hydrogen (secondary N) is 2. The number of carbonyl (C=O) groups is 2. The zero-order chi connectivity index (χ0) is 21.5. The first-order chi connectivity index (χ1) is 15.2. The molecule has 0 aromatic heterocycles. The van der Waals surface area contributed by atoms with Crippen LogP contribution < -0.4 is 10.6 Å². The number of likely N-dealkylation sites (tertiary alicyclic amines) is 1. The zero-order valence-electron chi connectivity index (χ0n) is 17.4. The van der Waals surface area contributed by atoms with Gasteiger partial charge in [0, 0.05) is 31.2 Å². The van der Waals surface area contributed by atoms with Gasteiger partial charge in [-0.3, -0.25) is 4.79 Å². The van der Waals surface area contributed by atoms with Crippen molar-refractivity contribution >= 4 is 17.6 Å². The number of rotatable bonds is 5. The molecular weight excluding hydrogens is 386 g/mol. The second-order valence-electron chi connectivity index (χ2n) is 7.94. The second kappa shape index (κ2) is 9.94. The number of hydrogen-bond acceptors (Lipinski definition) is 2. The summed E-state index contributed by atoms with van der Waals surface area (Å²) in [6.07, 6.45) is 0.713. The standard InChI is InChI=1S/C26H27N3O2/c30-25(28-24-14-8-3-9-15-24)23-16-22(21-12-6-2-7-13-21)18-29(19-23)26(31)27-17-20-10-4-1-5-11-20/h1-15,22-23H,16-19H2,(H,27,31)(H,28,30). The molecule has 158 valence electrons. The molecule has 0 saturated carbocycles. The topological polar surface area (TPSA) is 61.4 Å². The molecule has 0 aliphatic carbocycles. The number of benzene rings is 3. The van der Waals surface area contributed by atoms with Crippen LogP contribution >= 0.6 is 0 Å². The van der Waals surface area contributed by atoms with Crippen LogP contribution in [-0.4, -0.2) is 29.9 Å². The van der Waals surface area contributed by atoms with E-state index in [-0.39, 0.29) is 23.8 Å². The van der Waals surface area contributed by atoms with E-state index < -0.39 is 0 Å². The minimum absolute atomic E-state index is 0.0484. The fraction of sp³-hybridized carbons (Fsp3) is 0.231. The average Bonchev–Trinajstić information content (AvgIpc) is 2.84. The fourth-order valence-corrected chi connectivity index (χ4v) is 4.07. The van der Waals surface area contributed by atoms with E-state index in [4.69, 9.17) is 0 Å². The minimum atomic E-state index is -0.276. The van der Waals surface area contributed by atoms with Gasteiger partial charge in [0.2, 0.25) is 5.91 Å². The van der Waals surface area contributed by atoms with Crippen LogP contribution in [0.1, 0.15) is 23.5 Å². The van der Waals surface area contributed by atoms with Gasteiger partial charge >= 0.3 is 6.03 Å². The van der Waals surface area contributed by atoms with Crippen LogP contribution in [0.25, 0.3) is 0 Å². The third-order valence-electron chi connectivity index (χ3n) is 5.71. The maximum Gasteiger partial charge on any atom is 0.317 e. The number of piperidine rings is 1. The second-order valence-corrected chi connectivity index (χ2v) is 7.94. The van der Waals surface area contributed by atoms with Gasteiger partial charge < -0.3 is 15.5 Å². The van der Waals surface area contributed by atoms with Crippen LogP contribution in [0, 0.1) is 5.92 Å². The van der Waals surface area contributed by atoms with Gasteiger partial charge in [0.05, 0.1) is 5.92 Å². The molecule has 2 atom stereocenters. The van der Waals surface area contributed by atoms with Gasteiger partial charge in [-0.2, -0.15) is 0 Å². The van der Waals surface area contributed by atoms with Crippen LogP contribution in [-0.2, 0) is 11.3 Å². The molecule has 1 fully saturated rings. The molecule has 2 N–H and O–H groups in total. The summed E-state index contributed by atoms with van der Waals surface area (Å²) in [6.45, 7) is 1.47. The normalized spacial score (nSPS) is 18.3. The first-order valence-electron chi connectivity index (χ1n) is 10.7. The van der Waals surface area contributed by atoms with E-state index in [1.54, 1.807) is 4.90 Å². The van der Waals surface area contributed by atoms with Crippen molar-refractivity contribution in [1.29, 1.82) is 0 Å². The molecule has 4 rings (SSSR count). The molecule has 0 spiro atoms. The van der Waals surface area contributed by atoms with Gasteiger partial charge in [-0.15, -0.1) is 0 Å². The number of hydrogen-bond donors (Lipinski definition) is 2. The van der Waals surface area contributed by atoms with Gasteiger partial charge in [-0.25, -0.2) is 4.79 Å². The Balaban J connectivity index is 1.47. The summed E-state index contributed by atoms with van der Waals surface area (Å²) >= 11 is 0. The van der Waals surface area contributed by atoms with Crippen molar-refractivity contribution in [2.45, 2.75) is 18.9 Å². The van der Waals surface area contributed by atoms with Gasteiger partial charge in [0.15, 0.2) is 0 Å². The van der Waals surface area contributed by atoms with Crippen LogP contribution in [0.4, 0.5) is 10.5 Å². The first kappa shape index (κ1) is 20.7. The highest BCUT2D eigenvalue weighted by Gasteiger charge is 2.34. The van der Waals surface area contributed by atoms with Gasteiger partial charge in [-0.05, 0) is 29.7 Å². The Morgan fingerprint density at radius 1 is 0.806 bits per heavy atom. The van der Waals surface area contributed by atoms with Gasteiger partial charge in [0.1, 0.15) is 0 Å². The minimum Gasteiger partial charge on any atom is -0.334 e. The molecule has 1 heterocycles. The molecule has 3 amide bonds. The Kier molecular flexibility index (Phi) is 6.62. The Labute approximate surface area is 183 Å². The molecule has 1 saturated heterocycles. The average molecular weight is 414 g/mol. The van der Waals surface area contributed by atoms with Crippen molar-refractivity contribution < 1.29 is 9.59 Å². The number of carbonyl (C=O) groups excluding carboxylic acids is 2. The monoisotopic (exact) mass is 413 g/mol. The van der Waals surface area contributed by atoms with Gasteiger partial charge in [-0.1, -0.05) is 78.9 Å². The Hall–Kier alpha value is -3.60. The van der Waals surface area contributed by atoms with Gasteiger partial charge in [0.25, 0.3) is 0 Å². The van der Waals surface area contributed by atoms with Crippen molar-refractivity contribution in [2.75, 3.05) is 18.4 Å². The number of urea groups is 1. The third kappa shape index (κ3) is 5.51. The molecule has 1 aliphatic rings. The molecule has 3 aromatic rings. The van der Waals surface area contributed by atoms with Crippen molar-refractivity contribution in [1.82, 2.24) is 10.2 Å². The van der Waals surface area contributed by atoms with Crippen molar-refractivity contribution in [2.24, 2.45) is 5.92 Å². The highest BCUT2D eigenvalue weighted by Crippen LogP contribution is 2.31. The summed E-state index contributed by atoms with van der Waals surface area (Å²) in [5, 5.41) is 6.01. The van der Waals surface area contributed by atoms with Crippen LogP contribution in [0.2, 0.25) is 0 Å². The Morgan fingerprint density at radius 2 is 1.42 bits per heavy atom. The smallest absolute Gasteiger partial charge is 0.317 e. The maximum atomic E-state index is 13.0. The lowest BCUT2D eigenvalue weighted by Gasteiger charge is -2.37. The number of anilines is 1. The predicted molar refractivity (Wildman–Crippen MR) is 123 cm³/mol. The van der Waals surface area contributed by atoms with E-state index in [1.807, 2.05) is 78.9 Å². The van der Waals surface area contributed by atoms with E-state index in [2.05, 4.69) is 22.8 Å². The zero-order valence-corrected chi connectivity index (χ0v) is 17.4. The highest BCUT2D eigenvalue weighted by atomic mass is 16.2. The molecule has 5 heteroatoms. The summed E-state index contributed by atoms with van der Waals surface area (Å²) in [6, 6.07) is 29.3. The molecule has 0 bridgehead atoms. The van der Waals surface area contributed by atoms with E-state index in [9.17, 15) is 9.59 Å².